The Morgan fingerprint density at radius 3 is 1.82 bits per heavy atom. The molecule has 1 aliphatic heterocycles. The molecule has 0 amide bonds. The Hall–Kier alpha value is -0.330. The number of halogens is 2. The predicted molar refractivity (Wildman–Crippen MR) is 116 cm³/mol. The molecule has 0 fully saturated rings. The Labute approximate surface area is 159 Å². The maximum atomic E-state index is 2.75. The molecule has 0 saturated carbocycles. The van der Waals surface area contributed by atoms with Crippen molar-refractivity contribution in [1.82, 2.24) is 9.80 Å². The molecule has 0 aromatic heterocycles. The fraction of sp³-hybridized carbons (Fsp3) is 0.176. The summed E-state index contributed by atoms with van der Waals surface area (Å²) in [5.41, 5.74) is 0. The number of rotatable bonds is 4. The molecule has 2 aromatic rings. The first-order chi connectivity index (χ1) is 10.6. The van der Waals surface area contributed by atoms with Crippen LogP contribution in [0.15, 0.2) is 73.1 Å². The Bertz CT molecular complexity index is 609. The fourth-order valence-electron chi connectivity index (χ4n) is 2.70. The topological polar surface area (TPSA) is 6.48 Å². The van der Waals surface area contributed by atoms with Crippen LogP contribution in [0, 0.1) is 0 Å². The molecule has 2 nitrogen and oxygen atoms in total. The van der Waals surface area contributed by atoms with E-state index in [9.17, 15) is 0 Å². The van der Waals surface area contributed by atoms with Gasteiger partial charge in [-0.2, -0.15) is 0 Å². The Morgan fingerprint density at radius 2 is 1.41 bits per heavy atom. The number of hydrogen-bond acceptors (Lipinski definition) is 2. The first-order valence-corrected chi connectivity index (χ1v) is 13.8. The standard InChI is InChI=1S/C17H19I2N2P/c1-20-12-13-21(17(20)18)14-22(19,15-8-4-2-5-9-15)16-10-6-3-7-11-16/h2-13,17,22H,14H2,1H3. The van der Waals surface area contributed by atoms with Crippen molar-refractivity contribution in [1.29, 1.82) is 0 Å². The zero-order valence-electron chi connectivity index (χ0n) is 12.4. The quantitative estimate of drug-likeness (QED) is 0.251. The molecule has 2 aromatic carbocycles. The average Bonchev–Trinajstić information content (AvgIpc) is 2.88. The molecule has 1 unspecified atom stereocenters. The van der Waals surface area contributed by atoms with E-state index in [1.165, 1.54) is 10.6 Å². The van der Waals surface area contributed by atoms with Gasteiger partial charge in [0, 0.05) is 0 Å². The minimum absolute atomic E-state index is 0.395. The molecule has 0 aliphatic carbocycles. The molecule has 22 heavy (non-hydrogen) atoms. The van der Waals surface area contributed by atoms with Gasteiger partial charge >= 0.3 is 161 Å². The third kappa shape index (κ3) is 3.29. The molecule has 5 heteroatoms. The molecule has 1 heterocycles. The zero-order chi connectivity index (χ0) is 15.6. The number of hydrogen-bond donors (Lipinski definition) is 0. The van der Waals surface area contributed by atoms with Crippen LogP contribution >= 0.6 is 49.5 Å². The molecule has 0 bridgehead atoms. The maximum absolute atomic E-state index is 2.75. The van der Waals surface area contributed by atoms with E-state index in [4.69, 9.17) is 0 Å². The van der Waals surface area contributed by atoms with Crippen molar-refractivity contribution >= 4 is 60.1 Å². The van der Waals surface area contributed by atoms with Crippen LogP contribution in [0.1, 0.15) is 0 Å². The van der Waals surface area contributed by atoms with E-state index in [1.54, 1.807) is 0 Å². The van der Waals surface area contributed by atoms with Gasteiger partial charge in [-0.15, -0.1) is 0 Å². The van der Waals surface area contributed by atoms with Crippen molar-refractivity contribution in [3.63, 3.8) is 0 Å². The van der Waals surface area contributed by atoms with E-state index in [2.05, 4.69) is 135 Å². The molecule has 0 spiro atoms. The summed E-state index contributed by atoms with van der Waals surface area (Å²) in [6.07, 6.45) is 5.47. The van der Waals surface area contributed by atoms with E-state index in [-0.39, 0.29) is 0 Å². The molecule has 0 saturated heterocycles. The molecular formula is C17H19I2N2P. The first-order valence-electron chi connectivity index (χ1n) is 7.21. The minimum atomic E-state index is -1.82. The number of alkyl halides is 1. The second-order valence-corrected chi connectivity index (χ2v) is 15.2. The van der Waals surface area contributed by atoms with E-state index in [0.29, 0.717) is 4.17 Å². The van der Waals surface area contributed by atoms with Gasteiger partial charge in [-0.3, -0.25) is 0 Å². The number of nitrogens with zero attached hydrogens (tertiary/aromatic N) is 2. The molecular weight excluding hydrogens is 517 g/mol. The third-order valence-corrected chi connectivity index (χ3v) is 13.6. The van der Waals surface area contributed by atoms with Crippen molar-refractivity contribution in [2.24, 2.45) is 0 Å². The van der Waals surface area contributed by atoms with E-state index in [0.717, 1.165) is 6.29 Å². The monoisotopic (exact) mass is 536 g/mol. The van der Waals surface area contributed by atoms with Crippen LogP contribution in [0.3, 0.4) is 0 Å². The first kappa shape index (κ1) is 16.5. The summed E-state index contributed by atoms with van der Waals surface area (Å²) in [4.78, 5) is 2.88. The molecule has 1 atom stereocenters. The van der Waals surface area contributed by atoms with Crippen LogP contribution in [0.4, 0.5) is 0 Å². The fourth-order valence-corrected chi connectivity index (χ4v) is 9.90. The van der Waals surface area contributed by atoms with Gasteiger partial charge in [0.1, 0.15) is 0 Å². The molecule has 0 N–H and O–H groups in total. The van der Waals surface area contributed by atoms with Crippen LogP contribution in [-0.2, 0) is 0 Å². The summed E-state index contributed by atoms with van der Waals surface area (Å²) in [5, 5.41) is 2.96. The SMILES string of the molecule is CN1C=CN(C[PH](I)(c2ccccc2)c2ccccc2)C1I. The second-order valence-electron chi connectivity index (χ2n) is 5.48. The third-order valence-electron chi connectivity index (χ3n) is 3.97. The zero-order valence-corrected chi connectivity index (χ0v) is 17.7. The summed E-state index contributed by atoms with van der Waals surface area (Å²) in [6.45, 7) is 0. The normalized spacial score (nSPS) is 18.8. The second kappa shape index (κ2) is 7.05. The van der Waals surface area contributed by atoms with Gasteiger partial charge in [-0.1, -0.05) is 0 Å². The van der Waals surface area contributed by atoms with Gasteiger partial charge in [0.2, 0.25) is 0 Å². The van der Waals surface area contributed by atoms with Gasteiger partial charge < -0.3 is 0 Å². The average molecular weight is 536 g/mol. The number of benzene rings is 2. The Morgan fingerprint density at radius 1 is 0.909 bits per heavy atom. The molecule has 0 radical (unpaired) electrons. The van der Waals surface area contributed by atoms with Gasteiger partial charge in [-0.25, -0.2) is 0 Å². The summed E-state index contributed by atoms with van der Waals surface area (Å²) >= 11 is 5.26. The van der Waals surface area contributed by atoms with Crippen LogP contribution in [0.5, 0.6) is 0 Å². The molecule has 116 valence electrons. The van der Waals surface area contributed by atoms with Crippen LogP contribution in [0.2, 0.25) is 0 Å². The van der Waals surface area contributed by atoms with Gasteiger partial charge in [-0.05, 0) is 0 Å². The Balaban J connectivity index is 1.99. The van der Waals surface area contributed by atoms with Gasteiger partial charge in [0.25, 0.3) is 0 Å². The van der Waals surface area contributed by atoms with Crippen molar-refractivity contribution in [2.45, 2.75) is 4.17 Å². The van der Waals surface area contributed by atoms with Gasteiger partial charge in [0.15, 0.2) is 0 Å². The molecule has 1 aliphatic rings. The van der Waals surface area contributed by atoms with Crippen LogP contribution in [-0.4, -0.2) is 27.3 Å². The summed E-state index contributed by atoms with van der Waals surface area (Å²) in [7, 11) is 2.13. The van der Waals surface area contributed by atoms with E-state index < -0.39 is 4.90 Å². The van der Waals surface area contributed by atoms with Crippen molar-refractivity contribution in [2.75, 3.05) is 13.3 Å². The molecule has 3 rings (SSSR count). The van der Waals surface area contributed by atoms with Crippen LogP contribution < -0.4 is 10.6 Å². The van der Waals surface area contributed by atoms with E-state index >= 15 is 0 Å². The van der Waals surface area contributed by atoms with Crippen LogP contribution in [0.25, 0.3) is 0 Å². The van der Waals surface area contributed by atoms with Gasteiger partial charge in [0.05, 0.1) is 0 Å². The van der Waals surface area contributed by atoms with Crippen molar-refractivity contribution in [3.05, 3.63) is 73.1 Å². The Kier molecular flexibility index (Phi) is 5.30. The van der Waals surface area contributed by atoms with Crippen molar-refractivity contribution < 1.29 is 0 Å². The summed E-state index contributed by atoms with van der Waals surface area (Å²) in [5.74, 6) is 0. The van der Waals surface area contributed by atoms with E-state index in [1.807, 2.05) is 0 Å². The predicted octanol–water partition coefficient (Wildman–Crippen LogP) is 4.13. The summed E-state index contributed by atoms with van der Waals surface area (Å²) < 4.78 is 0.395. The van der Waals surface area contributed by atoms with Crippen molar-refractivity contribution in [3.8, 4) is 0 Å². The summed E-state index contributed by atoms with van der Waals surface area (Å²) in [6, 6.07) is 22.0.